The van der Waals surface area contributed by atoms with E-state index in [0.717, 1.165) is 12.8 Å². The van der Waals surface area contributed by atoms with Gasteiger partial charge in [-0.1, -0.05) is 31.5 Å². The van der Waals surface area contributed by atoms with E-state index in [2.05, 4.69) is 0 Å². The van der Waals surface area contributed by atoms with Crippen molar-refractivity contribution < 1.29 is 19.1 Å². The normalized spacial score (nSPS) is 10.0. The third kappa shape index (κ3) is 4.45. The van der Waals surface area contributed by atoms with Crippen LogP contribution in [0.15, 0.2) is 54.6 Å². The van der Waals surface area contributed by atoms with Gasteiger partial charge in [0.15, 0.2) is 0 Å². The van der Waals surface area contributed by atoms with E-state index < -0.39 is 5.97 Å². The molecule has 22 heavy (non-hydrogen) atoms. The highest BCUT2D eigenvalue weighted by atomic mass is 16.5. The monoisotopic (exact) mass is 298 g/mol. The molecule has 0 aliphatic rings. The van der Waals surface area contributed by atoms with Crippen LogP contribution in [0.5, 0.6) is 5.75 Å². The number of hydrogen-bond donors (Lipinski definition) is 0. The molecule has 0 N–H and O–H groups in total. The Kier molecular flexibility index (Phi) is 5.72. The van der Waals surface area contributed by atoms with E-state index in [4.69, 9.17) is 9.47 Å². The van der Waals surface area contributed by atoms with Crippen LogP contribution < -0.4 is 4.74 Å². The van der Waals surface area contributed by atoms with Gasteiger partial charge in [-0.25, -0.2) is 9.59 Å². The van der Waals surface area contributed by atoms with Gasteiger partial charge in [-0.2, -0.15) is 0 Å². The van der Waals surface area contributed by atoms with E-state index >= 15 is 0 Å². The summed E-state index contributed by atoms with van der Waals surface area (Å²) in [6.45, 7) is 2.44. The van der Waals surface area contributed by atoms with Crippen LogP contribution in [-0.2, 0) is 4.74 Å². The minimum Gasteiger partial charge on any atom is -0.462 e. The van der Waals surface area contributed by atoms with Crippen LogP contribution in [0.4, 0.5) is 0 Å². The summed E-state index contributed by atoms with van der Waals surface area (Å²) in [5.74, 6) is -0.357. The van der Waals surface area contributed by atoms with E-state index in [-0.39, 0.29) is 5.97 Å². The highest BCUT2D eigenvalue weighted by Gasteiger charge is 2.11. The average Bonchev–Trinajstić information content (AvgIpc) is 2.56. The second kappa shape index (κ2) is 7.98. The Hall–Kier alpha value is -2.62. The molecule has 0 heterocycles. The molecule has 0 bridgehead atoms. The molecule has 0 fully saturated rings. The Morgan fingerprint density at radius 1 is 0.864 bits per heavy atom. The number of esters is 2. The predicted molar refractivity (Wildman–Crippen MR) is 83.0 cm³/mol. The topological polar surface area (TPSA) is 52.6 Å². The summed E-state index contributed by atoms with van der Waals surface area (Å²) in [7, 11) is 0. The fourth-order valence-electron chi connectivity index (χ4n) is 1.79. The zero-order chi connectivity index (χ0) is 15.8. The predicted octanol–water partition coefficient (Wildman–Crippen LogP) is 3.86. The van der Waals surface area contributed by atoms with Crippen molar-refractivity contribution in [3.63, 3.8) is 0 Å². The maximum absolute atomic E-state index is 12.0. The van der Waals surface area contributed by atoms with Gasteiger partial charge in [0.05, 0.1) is 17.7 Å². The zero-order valence-corrected chi connectivity index (χ0v) is 12.5. The molecule has 0 amide bonds. The van der Waals surface area contributed by atoms with Crippen molar-refractivity contribution in [2.24, 2.45) is 0 Å². The van der Waals surface area contributed by atoms with Crippen molar-refractivity contribution >= 4 is 11.9 Å². The summed E-state index contributed by atoms with van der Waals surface area (Å²) in [5.41, 5.74) is 0.807. The van der Waals surface area contributed by atoms with Gasteiger partial charge in [-0.05, 0) is 42.8 Å². The third-order valence-corrected chi connectivity index (χ3v) is 3.04. The third-order valence-electron chi connectivity index (χ3n) is 3.04. The van der Waals surface area contributed by atoms with Crippen LogP contribution in [-0.4, -0.2) is 18.5 Å². The minimum absolute atomic E-state index is 0.378. The number of benzene rings is 2. The first-order valence-electron chi connectivity index (χ1n) is 7.25. The molecule has 2 aromatic rings. The van der Waals surface area contributed by atoms with Crippen molar-refractivity contribution in [2.75, 3.05) is 6.61 Å². The van der Waals surface area contributed by atoms with E-state index in [1.165, 1.54) is 0 Å². The lowest BCUT2D eigenvalue weighted by Gasteiger charge is -2.06. The molecular formula is C18H18O4. The molecule has 2 rings (SSSR count). The Balaban J connectivity index is 1.96. The second-order valence-corrected chi connectivity index (χ2v) is 4.77. The van der Waals surface area contributed by atoms with Gasteiger partial charge in [0, 0.05) is 0 Å². The summed E-state index contributed by atoms with van der Waals surface area (Å²) < 4.78 is 10.3. The quantitative estimate of drug-likeness (QED) is 0.461. The summed E-state index contributed by atoms with van der Waals surface area (Å²) in [4.78, 5) is 23.7. The van der Waals surface area contributed by atoms with Crippen LogP contribution in [0, 0.1) is 0 Å². The van der Waals surface area contributed by atoms with E-state index in [1.54, 1.807) is 48.5 Å². The maximum atomic E-state index is 12.0. The van der Waals surface area contributed by atoms with Crippen LogP contribution >= 0.6 is 0 Å². The molecule has 0 aliphatic carbocycles. The number of unbranched alkanes of at least 4 members (excludes halogenated alkanes) is 1. The Labute approximate surface area is 129 Å². The number of hydrogen-bond acceptors (Lipinski definition) is 4. The molecule has 0 atom stereocenters. The van der Waals surface area contributed by atoms with Gasteiger partial charge in [0.25, 0.3) is 0 Å². The molecule has 0 spiro atoms. The smallest absolute Gasteiger partial charge is 0.343 e. The van der Waals surface area contributed by atoms with Gasteiger partial charge in [0.1, 0.15) is 5.75 Å². The van der Waals surface area contributed by atoms with Gasteiger partial charge in [-0.15, -0.1) is 0 Å². The van der Waals surface area contributed by atoms with E-state index in [1.807, 2.05) is 13.0 Å². The largest absolute Gasteiger partial charge is 0.462 e. The summed E-state index contributed by atoms with van der Waals surface area (Å²) >= 11 is 0. The lowest BCUT2D eigenvalue weighted by Crippen LogP contribution is -2.10. The van der Waals surface area contributed by atoms with Crippen molar-refractivity contribution in [3.8, 4) is 5.75 Å². The highest BCUT2D eigenvalue weighted by molar-refractivity contribution is 5.94. The lowest BCUT2D eigenvalue weighted by molar-refractivity contribution is 0.0499. The van der Waals surface area contributed by atoms with Gasteiger partial charge < -0.3 is 9.47 Å². The fraction of sp³-hybridized carbons (Fsp3) is 0.222. The number of para-hydroxylation sites is 1. The number of ether oxygens (including phenoxy) is 2. The number of carbonyl (C=O) groups excluding carboxylic acids is 2. The SMILES string of the molecule is CCCCOC(=O)c1ccc(C(=O)Oc2ccccc2)cc1. The van der Waals surface area contributed by atoms with Crippen molar-refractivity contribution in [1.82, 2.24) is 0 Å². The molecule has 0 aromatic heterocycles. The average molecular weight is 298 g/mol. The Bertz CT molecular complexity index is 617. The summed E-state index contributed by atoms with van der Waals surface area (Å²) in [5, 5.41) is 0. The molecular weight excluding hydrogens is 280 g/mol. The van der Waals surface area contributed by atoms with E-state index in [9.17, 15) is 9.59 Å². The molecule has 0 saturated heterocycles. The lowest BCUT2D eigenvalue weighted by atomic mass is 10.1. The van der Waals surface area contributed by atoms with Gasteiger partial charge >= 0.3 is 11.9 Å². The molecule has 0 radical (unpaired) electrons. The molecule has 114 valence electrons. The Morgan fingerprint density at radius 2 is 1.45 bits per heavy atom. The maximum Gasteiger partial charge on any atom is 0.343 e. The van der Waals surface area contributed by atoms with Gasteiger partial charge in [-0.3, -0.25) is 0 Å². The van der Waals surface area contributed by atoms with Crippen LogP contribution in [0.2, 0.25) is 0 Å². The van der Waals surface area contributed by atoms with Crippen LogP contribution in [0.1, 0.15) is 40.5 Å². The van der Waals surface area contributed by atoms with Crippen molar-refractivity contribution in [3.05, 3.63) is 65.7 Å². The van der Waals surface area contributed by atoms with Crippen molar-refractivity contribution in [2.45, 2.75) is 19.8 Å². The minimum atomic E-state index is -0.461. The molecule has 0 saturated carbocycles. The molecule has 0 unspecified atom stereocenters. The van der Waals surface area contributed by atoms with Crippen molar-refractivity contribution in [1.29, 1.82) is 0 Å². The molecule has 4 nitrogen and oxygen atoms in total. The highest BCUT2D eigenvalue weighted by Crippen LogP contribution is 2.13. The molecule has 2 aromatic carbocycles. The first kappa shape index (κ1) is 15.8. The van der Waals surface area contributed by atoms with Crippen LogP contribution in [0.3, 0.4) is 0 Å². The number of rotatable bonds is 6. The fourth-order valence-corrected chi connectivity index (χ4v) is 1.79. The molecule has 0 aliphatic heterocycles. The van der Waals surface area contributed by atoms with Gasteiger partial charge in [0.2, 0.25) is 0 Å². The second-order valence-electron chi connectivity index (χ2n) is 4.77. The van der Waals surface area contributed by atoms with E-state index in [0.29, 0.717) is 23.5 Å². The standard InChI is InChI=1S/C18H18O4/c1-2-3-13-21-17(19)14-9-11-15(12-10-14)18(20)22-16-7-5-4-6-8-16/h4-12H,2-3,13H2,1H3. The summed E-state index contributed by atoms with van der Waals surface area (Å²) in [6, 6.07) is 15.1. The Morgan fingerprint density at radius 3 is 2.05 bits per heavy atom. The zero-order valence-electron chi connectivity index (χ0n) is 12.5. The first-order valence-corrected chi connectivity index (χ1v) is 7.25. The van der Waals surface area contributed by atoms with Crippen LogP contribution in [0.25, 0.3) is 0 Å². The first-order chi connectivity index (χ1) is 10.7. The number of carbonyl (C=O) groups is 2. The molecule has 4 heteroatoms. The summed E-state index contributed by atoms with van der Waals surface area (Å²) in [6.07, 6.45) is 1.81.